The molecular formula is C17H23F2N7O2S. The van der Waals surface area contributed by atoms with Crippen LogP contribution in [-0.2, 0) is 16.1 Å². The number of benzene rings is 1. The molecule has 0 bridgehead atoms. The number of anilines is 1. The predicted molar refractivity (Wildman–Crippen MR) is 108 cm³/mol. The molecule has 0 saturated heterocycles. The van der Waals surface area contributed by atoms with Crippen LogP contribution < -0.4 is 16.0 Å². The molecule has 2 aromatic rings. The molecule has 0 aliphatic heterocycles. The highest BCUT2D eigenvalue weighted by Gasteiger charge is 2.13. The summed E-state index contributed by atoms with van der Waals surface area (Å²) in [6.07, 6.45) is 1.52. The van der Waals surface area contributed by atoms with Crippen LogP contribution in [0.4, 0.5) is 14.5 Å². The van der Waals surface area contributed by atoms with Gasteiger partial charge in [0.05, 0.1) is 32.1 Å². The molecule has 158 valence electrons. The number of thiocarbonyl (C=S) groups is 1. The molecule has 1 aromatic heterocycles. The first-order chi connectivity index (χ1) is 13.8. The van der Waals surface area contributed by atoms with E-state index in [1.54, 1.807) is 19.0 Å². The summed E-state index contributed by atoms with van der Waals surface area (Å²) < 4.78 is 34.8. The monoisotopic (exact) mass is 427 g/mol. The first-order valence-electron chi connectivity index (χ1n) is 8.68. The maximum absolute atomic E-state index is 14.4. The summed E-state index contributed by atoms with van der Waals surface area (Å²) in [6.45, 7) is 0.905. The fourth-order valence-corrected chi connectivity index (χ4v) is 2.41. The van der Waals surface area contributed by atoms with Gasteiger partial charge in [-0.25, -0.2) is 13.5 Å². The Balaban J connectivity index is 1.96. The van der Waals surface area contributed by atoms with Crippen molar-refractivity contribution in [2.75, 3.05) is 46.2 Å². The molecule has 0 atom stereocenters. The molecule has 1 amide bonds. The van der Waals surface area contributed by atoms with Gasteiger partial charge in [0.1, 0.15) is 11.4 Å². The van der Waals surface area contributed by atoms with Crippen LogP contribution in [0.15, 0.2) is 18.3 Å². The lowest BCUT2D eigenvalue weighted by Gasteiger charge is -2.12. The summed E-state index contributed by atoms with van der Waals surface area (Å²) in [5.74, 6) is -1.73. The van der Waals surface area contributed by atoms with Crippen LogP contribution in [0.3, 0.4) is 0 Å². The van der Waals surface area contributed by atoms with Crippen molar-refractivity contribution in [2.24, 2.45) is 0 Å². The number of nitrogens with one attached hydrogen (secondary N) is 3. The van der Waals surface area contributed by atoms with Crippen molar-refractivity contribution in [1.82, 2.24) is 30.5 Å². The average molecular weight is 427 g/mol. The van der Waals surface area contributed by atoms with Gasteiger partial charge in [0.25, 0.3) is 5.17 Å². The van der Waals surface area contributed by atoms with Crippen LogP contribution in [0.1, 0.15) is 5.69 Å². The van der Waals surface area contributed by atoms with E-state index in [1.165, 1.54) is 18.0 Å². The zero-order valence-corrected chi connectivity index (χ0v) is 17.1. The second-order valence-corrected chi connectivity index (χ2v) is 6.67. The molecule has 1 heterocycles. The normalized spacial score (nSPS) is 10.7. The lowest BCUT2D eigenvalue weighted by molar-refractivity contribution is -0.121. The van der Waals surface area contributed by atoms with Crippen LogP contribution >= 0.6 is 12.2 Å². The summed E-state index contributed by atoms with van der Waals surface area (Å²) in [6, 6.07) is 2.28. The number of halogens is 2. The van der Waals surface area contributed by atoms with Crippen molar-refractivity contribution in [3.63, 3.8) is 0 Å². The molecule has 9 nitrogen and oxygen atoms in total. The summed E-state index contributed by atoms with van der Waals surface area (Å²) >= 11 is 4.86. The van der Waals surface area contributed by atoms with Gasteiger partial charge in [-0.3, -0.25) is 4.79 Å². The van der Waals surface area contributed by atoms with Gasteiger partial charge in [-0.2, -0.15) is 0 Å². The fraction of sp³-hybridized carbons (Fsp3) is 0.412. The molecular weight excluding hydrogens is 404 g/mol. The Morgan fingerprint density at radius 1 is 1.24 bits per heavy atom. The molecule has 1 aromatic carbocycles. The maximum atomic E-state index is 14.4. The first-order valence-corrected chi connectivity index (χ1v) is 9.08. The Kier molecular flexibility index (Phi) is 8.21. The van der Waals surface area contributed by atoms with Crippen molar-refractivity contribution in [3.05, 3.63) is 35.7 Å². The number of aromatic nitrogens is 3. The smallest absolute Gasteiger partial charge is 0.256 e. The van der Waals surface area contributed by atoms with Gasteiger partial charge in [0.2, 0.25) is 5.91 Å². The quantitative estimate of drug-likeness (QED) is 0.397. The topological polar surface area (TPSA) is 96.3 Å². The van der Waals surface area contributed by atoms with Gasteiger partial charge in [-0.15, -0.1) is 5.10 Å². The minimum atomic E-state index is -0.782. The Morgan fingerprint density at radius 2 is 1.93 bits per heavy atom. The molecule has 12 heteroatoms. The Labute approximate surface area is 172 Å². The maximum Gasteiger partial charge on any atom is 0.256 e. The lowest BCUT2D eigenvalue weighted by atomic mass is 10.2. The van der Waals surface area contributed by atoms with Crippen molar-refractivity contribution in [2.45, 2.75) is 6.54 Å². The van der Waals surface area contributed by atoms with E-state index in [2.05, 4.69) is 26.3 Å². The number of nitrogens with zero attached hydrogens (tertiary/aromatic N) is 4. The van der Waals surface area contributed by atoms with Crippen LogP contribution in [0, 0.1) is 11.6 Å². The van der Waals surface area contributed by atoms with Crippen molar-refractivity contribution in [3.8, 4) is 5.69 Å². The van der Waals surface area contributed by atoms with Crippen LogP contribution in [0.25, 0.3) is 5.69 Å². The van der Waals surface area contributed by atoms with E-state index in [4.69, 9.17) is 17.0 Å². The van der Waals surface area contributed by atoms with Gasteiger partial charge in [0, 0.05) is 25.2 Å². The number of methoxy groups -OCH3 is 1. The van der Waals surface area contributed by atoms with E-state index in [0.717, 1.165) is 12.1 Å². The number of carbonyl (C=O) groups excluding carboxylic acids is 1. The molecule has 0 aliphatic carbocycles. The standard InChI is InChI=1S/C17H23F2N7O2S/c1-25(2)10-15(27)20-4-5-21-16-13(18)6-12(7-14(16)19)26-9-11(23-24-26)8-22-17(29)28-3/h6-7,9,21H,4-5,8,10H2,1-3H3,(H,20,27)(H,22,29). The summed E-state index contributed by atoms with van der Waals surface area (Å²) in [5.41, 5.74) is 0.418. The van der Waals surface area contributed by atoms with Gasteiger partial charge >= 0.3 is 0 Å². The Hall–Kier alpha value is -2.86. The van der Waals surface area contributed by atoms with Gasteiger partial charge in [-0.05, 0) is 26.3 Å². The molecule has 0 spiro atoms. The molecule has 29 heavy (non-hydrogen) atoms. The average Bonchev–Trinajstić information content (AvgIpc) is 3.13. The zero-order chi connectivity index (χ0) is 21.4. The minimum Gasteiger partial charge on any atom is -0.474 e. The van der Waals surface area contributed by atoms with Crippen LogP contribution in [0.5, 0.6) is 0 Å². The molecule has 0 aliphatic rings. The fourth-order valence-electron chi connectivity index (χ4n) is 2.33. The van der Waals surface area contributed by atoms with E-state index >= 15 is 0 Å². The van der Waals surface area contributed by atoms with Gasteiger partial charge in [-0.1, -0.05) is 5.21 Å². The molecule has 0 unspecified atom stereocenters. The third-order valence-electron chi connectivity index (χ3n) is 3.64. The Morgan fingerprint density at radius 3 is 2.55 bits per heavy atom. The highest BCUT2D eigenvalue weighted by Crippen LogP contribution is 2.22. The number of carbonyl (C=O) groups is 1. The van der Waals surface area contributed by atoms with E-state index in [0.29, 0.717) is 5.69 Å². The van der Waals surface area contributed by atoms with E-state index in [-0.39, 0.29) is 48.6 Å². The number of hydrogen-bond donors (Lipinski definition) is 3. The first kappa shape index (κ1) is 22.4. The molecule has 3 N–H and O–H groups in total. The largest absolute Gasteiger partial charge is 0.474 e. The number of rotatable bonds is 9. The molecule has 2 rings (SSSR count). The van der Waals surface area contributed by atoms with Crippen molar-refractivity contribution < 1.29 is 18.3 Å². The highest BCUT2D eigenvalue weighted by molar-refractivity contribution is 7.80. The minimum absolute atomic E-state index is 0.171. The predicted octanol–water partition coefficient (Wildman–Crippen LogP) is 0.656. The third kappa shape index (κ3) is 6.91. The summed E-state index contributed by atoms with van der Waals surface area (Å²) in [5, 5.41) is 16.1. The zero-order valence-electron chi connectivity index (χ0n) is 16.3. The molecule has 0 fully saturated rings. The second kappa shape index (κ2) is 10.6. The van der Waals surface area contributed by atoms with E-state index < -0.39 is 11.6 Å². The van der Waals surface area contributed by atoms with Gasteiger partial charge in [0.15, 0.2) is 11.6 Å². The third-order valence-corrected chi connectivity index (χ3v) is 3.95. The summed E-state index contributed by atoms with van der Waals surface area (Å²) in [4.78, 5) is 13.3. The van der Waals surface area contributed by atoms with E-state index in [1.807, 2.05) is 0 Å². The second-order valence-electron chi connectivity index (χ2n) is 6.30. The number of likely N-dealkylation sites (N-methyl/N-ethyl adjacent to an activating group) is 1. The van der Waals surface area contributed by atoms with Crippen molar-refractivity contribution >= 4 is 29.0 Å². The van der Waals surface area contributed by atoms with Crippen molar-refractivity contribution in [1.29, 1.82) is 0 Å². The van der Waals surface area contributed by atoms with E-state index in [9.17, 15) is 13.6 Å². The summed E-state index contributed by atoms with van der Waals surface area (Å²) in [7, 11) is 4.98. The van der Waals surface area contributed by atoms with Crippen LogP contribution in [-0.4, -0.2) is 71.8 Å². The molecule has 0 radical (unpaired) electrons. The SMILES string of the molecule is COC(=S)NCc1cn(-c2cc(F)c(NCCNC(=O)CN(C)C)c(F)c2)nn1. The van der Waals surface area contributed by atoms with Gasteiger partial charge < -0.3 is 25.6 Å². The highest BCUT2D eigenvalue weighted by atomic mass is 32.1. The lowest BCUT2D eigenvalue weighted by Crippen LogP contribution is -2.35. The number of amides is 1. The number of ether oxygens (including phenoxy) is 1. The molecule has 0 saturated carbocycles. The van der Waals surface area contributed by atoms with Crippen LogP contribution in [0.2, 0.25) is 0 Å². The number of hydrogen-bond acceptors (Lipinski definition) is 7. The Bertz CT molecular complexity index is 837.